The lowest BCUT2D eigenvalue weighted by molar-refractivity contribution is -0.141. The maximum atomic E-state index is 11.7. The molecule has 0 aliphatic carbocycles. The number of aliphatic hydroxyl groups is 4. The Hall–Kier alpha value is -1.84. The summed E-state index contributed by atoms with van der Waals surface area (Å²) in [5, 5.41) is 48.5. The van der Waals surface area contributed by atoms with Crippen LogP contribution < -0.4 is 5.32 Å². The fourth-order valence-electron chi connectivity index (χ4n) is 1.93. The van der Waals surface area contributed by atoms with Gasteiger partial charge in [-0.15, -0.1) is 0 Å². The average molecular weight is 327 g/mol. The predicted octanol–water partition coefficient (Wildman–Crippen LogP) is -2.08. The van der Waals surface area contributed by atoms with Gasteiger partial charge in [-0.05, 0) is 12.0 Å². The van der Waals surface area contributed by atoms with Crippen molar-refractivity contribution in [2.45, 2.75) is 30.8 Å². The third-order valence-electron chi connectivity index (χ3n) is 3.34. The van der Waals surface area contributed by atoms with E-state index in [2.05, 4.69) is 5.32 Å². The molecule has 4 atom stereocenters. The van der Waals surface area contributed by atoms with Gasteiger partial charge >= 0.3 is 5.97 Å². The minimum Gasteiger partial charge on any atom is -0.480 e. The molecule has 1 aromatic carbocycles. The van der Waals surface area contributed by atoms with E-state index in [4.69, 9.17) is 10.2 Å². The highest BCUT2D eigenvalue weighted by Gasteiger charge is 2.30. The van der Waals surface area contributed by atoms with Crippen molar-refractivity contribution in [2.75, 3.05) is 13.2 Å². The van der Waals surface area contributed by atoms with Crippen molar-refractivity contribution in [1.29, 1.82) is 0 Å². The van der Waals surface area contributed by atoms with Gasteiger partial charge in [0.1, 0.15) is 24.4 Å². The summed E-state index contributed by atoms with van der Waals surface area (Å²) in [5.74, 6) is -2.05. The van der Waals surface area contributed by atoms with Crippen LogP contribution in [-0.2, 0) is 16.0 Å². The molecule has 0 saturated carbocycles. The molecule has 6 N–H and O–H groups in total. The molecule has 23 heavy (non-hydrogen) atoms. The van der Waals surface area contributed by atoms with E-state index >= 15 is 0 Å². The third kappa shape index (κ3) is 6.05. The Morgan fingerprint density at radius 2 is 1.70 bits per heavy atom. The Morgan fingerprint density at radius 1 is 1.09 bits per heavy atom. The lowest BCUT2D eigenvalue weighted by Crippen LogP contribution is -2.49. The van der Waals surface area contributed by atoms with Gasteiger partial charge in [0.05, 0.1) is 13.2 Å². The minimum atomic E-state index is -1.92. The van der Waals surface area contributed by atoms with Crippen LogP contribution in [-0.4, -0.2) is 74.8 Å². The van der Waals surface area contributed by atoms with Gasteiger partial charge in [0.2, 0.25) is 0 Å². The zero-order chi connectivity index (χ0) is 17.4. The monoisotopic (exact) mass is 327 g/mol. The third-order valence-corrected chi connectivity index (χ3v) is 3.34. The standard InChI is InChI=1S/C15H21NO7/c17-8-12(19)14(21)13(20)11(18)7-16-10(15(22)23)6-9-4-2-1-3-5-9/h1-5,10,12-14,16-17,19-21H,6-8H2,(H,22,23)/t10-,12+,13+,14-/m0/s1. The molecule has 1 rings (SSSR count). The maximum Gasteiger partial charge on any atom is 0.321 e. The Balaban J connectivity index is 2.58. The number of nitrogens with one attached hydrogen (secondary N) is 1. The molecule has 8 nitrogen and oxygen atoms in total. The van der Waals surface area contributed by atoms with E-state index in [1.54, 1.807) is 30.3 Å². The van der Waals surface area contributed by atoms with Crippen LogP contribution >= 0.6 is 0 Å². The quantitative estimate of drug-likeness (QED) is 0.287. The smallest absolute Gasteiger partial charge is 0.321 e. The lowest BCUT2D eigenvalue weighted by atomic mass is 10.0. The highest BCUT2D eigenvalue weighted by atomic mass is 16.4. The van der Waals surface area contributed by atoms with Crippen molar-refractivity contribution >= 4 is 11.8 Å². The molecular weight excluding hydrogens is 306 g/mol. The van der Waals surface area contributed by atoms with E-state index in [9.17, 15) is 24.9 Å². The van der Waals surface area contributed by atoms with E-state index < -0.39 is 49.3 Å². The first-order valence-electron chi connectivity index (χ1n) is 7.04. The molecule has 0 aromatic heterocycles. The molecule has 0 bridgehead atoms. The van der Waals surface area contributed by atoms with Gasteiger partial charge < -0.3 is 25.5 Å². The molecule has 0 aliphatic rings. The summed E-state index contributed by atoms with van der Waals surface area (Å²) in [6.07, 6.45) is -5.28. The maximum absolute atomic E-state index is 11.7. The zero-order valence-electron chi connectivity index (χ0n) is 12.4. The molecule has 0 aliphatic heterocycles. The zero-order valence-corrected chi connectivity index (χ0v) is 12.4. The number of carbonyl (C=O) groups is 2. The highest BCUT2D eigenvalue weighted by Crippen LogP contribution is 2.05. The average Bonchev–Trinajstić information content (AvgIpc) is 2.56. The van der Waals surface area contributed by atoms with Crippen molar-refractivity contribution in [3.8, 4) is 0 Å². The van der Waals surface area contributed by atoms with Crippen molar-refractivity contribution in [1.82, 2.24) is 5.32 Å². The fourth-order valence-corrected chi connectivity index (χ4v) is 1.93. The van der Waals surface area contributed by atoms with Crippen molar-refractivity contribution in [3.05, 3.63) is 35.9 Å². The molecule has 128 valence electrons. The number of ketones is 1. The minimum absolute atomic E-state index is 0.140. The second-order valence-electron chi connectivity index (χ2n) is 5.11. The van der Waals surface area contributed by atoms with E-state index in [-0.39, 0.29) is 6.42 Å². The molecule has 8 heteroatoms. The van der Waals surface area contributed by atoms with Crippen LogP contribution in [0, 0.1) is 0 Å². The first kappa shape index (κ1) is 19.2. The molecule has 0 unspecified atom stereocenters. The largest absolute Gasteiger partial charge is 0.480 e. The van der Waals surface area contributed by atoms with Gasteiger partial charge in [-0.25, -0.2) is 0 Å². The van der Waals surface area contributed by atoms with Gasteiger partial charge in [-0.3, -0.25) is 14.9 Å². The van der Waals surface area contributed by atoms with Crippen molar-refractivity contribution in [3.63, 3.8) is 0 Å². The number of carboxylic acid groups (broad SMARTS) is 1. The lowest BCUT2D eigenvalue weighted by Gasteiger charge is -2.21. The number of aliphatic carboxylic acids is 1. The number of carboxylic acids is 1. The summed E-state index contributed by atoms with van der Waals surface area (Å²) in [6.45, 7) is -1.31. The molecule has 0 spiro atoms. The topological polar surface area (TPSA) is 147 Å². The number of hydrogen-bond acceptors (Lipinski definition) is 7. The molecule has 0 heterocycles. The van der Waals surface area contributed by atoms with Crippen molar-refractivity contribution < 1.29 is 35.1 Å². The number of Topliss-reactive ketones (excluding diaryl/α,β-unsaturated/α-hetero) is 1. The van der Waals surface area contributed by atoms with Crippen LogP contribution in [0.2, 0.25) is 0 Å². The van der Waals surface area contributed by atoms with Crippen molar-refractivity contribution in [2.24, 2.45) is 0 Å². The number of benzene rings is 1. The van der Waals surface area contributed by atoms with E-state index in [1.165, 1.54) is 0 Å². The summed E-state index contributed by atoms with van der Waals surface area (Å²) in [4.78, 5) is 22.9. The normalized spacial score (nSPS) is 16.3. The molecule has 1 aromatic rings. The van der Waals surface area contributed by atoms with Gasteiger partial charge in [0, 0.05) is 0 Å². The molecule has 0 radical (unpaired) electrons. The molecule has 0 fully saturated rings. The summed E-state index contributed by atoms with van der Waals surface area (Å²) >= 11 is 0. The van der Waals surface area contributed by atoms with Gasteiger partial charge in [-0.2, -0.15) is 0 Å². The number of rotatable bonds is 10. The number of aliphatic hydroxyl groups excluding tert-OH is 4. The number of carbonyl (C=O) groups excluding carboxylic acids is 1. The Bertz CT molecular complexity index is 508. The first-order valence-corrected chi connectivity index (χ1v) is 7.04. The van der Waals surface area contributed by atoms with Crippen LogP contribution in [0.3, 0.4) is 0 Å². The van der Waals surface area contributed by atoms with Gasteiger partial charge in [-0.1, -0.05) is 30.3 Å². The van der Waals surface area contributed by atoms with Crippen LogP contribution in [0.15, 0.2) is 30.3 Å². The van der Waals surface area contributed by atoms with E-state index in [0.717, 1.165) is 5.56 Å². The second-order valence-corrected chi connectivity index (χ2v) is 5.11. The molecular formula is C15H21NO7. The summed E-state index contributed by atoms with van der Waals surface area (Å²) in [7, 11) is 0. The molecule has 0 saturated heterocycles. The summed E-state index contributed by atoms with van der Waals surface area (Å²) in [6, 6.07) is 7.76. The first-order chi connectivity index (χ1) is 10.9. The van der Waals surface area contributed by atoms with E-state index in [1.807, 2.05) is 0 Å². The van der Waals surface area contributed by atoms with Crippen LogP contribution in [0.4, 0.5) is 0 Å². The summed E-state index contributed by atoms with van der Waals surface area (Å²) in [5.41, 5.74) is 0.760. The predicted molar refractivity (Wildman–Crippen MR) is 79.7 cm³/mol. The fraction of sp³-hybridized carbons (Fsp3) is 0.467. The van der Waals surface area contributed by atoms with E-state index in [0.29, 0.717) is 0 Å². The Kier molecular flexibility index (Phi) is 7.79. The van der Waals surface area contributed by atoms with Gasteiger partial charge in [0.15, 0.2) is 5.78 Å². The van der Waals surface area contributed by atoms with Crippen LogP contribution in [0.1, 0.15) is 5.56 Å². The molecule has 0 amide bonds. The Labute approximate surface area is 133 Å². The van der Waals surface area contributed by atoms with Crippen LogP contribution in [0.5, 0.6) is 0 Å². The Morgan fingerprint density at radius 3 is 2.22 bits per heavy atom. The van der Waals surface area contributed by atoms with Gasteiger partial charge in [0.25, 0.3) is 0 Å². The van der Waals surface area contributed by atoms with Crippen LogP contribution in [0.25, 0.3) is 0 Å². The second kappa shape index (κ2) is 9.33. The summed E-state index contributed by atoms with van der Waals surface area (Å²) < 4.78 is 0. The SMILES string of the molecule is O=C(O)[C@H](Cc1ccccc1)NCC(=O)[C@@H](O)[C@@H](O)[C@H](O)CO. The number of hydrogen-bond donors (Lipinski definition) is 6. The highest BCUT2D eigenvalue weighted by molar-refractivity contribution is 5.86.